The van der Waals surface area contributed by atoms with Crippen LogP contribution in [0.4, 0.5) is 5.82 Å². The van der Waals surface area contributed by atoms with Crippen molar-refractivity contribution in [2.24, 2.45) is 7.05 Å². The zero-order valence-corrected chi connectivity index (χ0v) is 10.2. The van der Waals surface area contributed by atoms with Gasteiger partial charge in [0.05, 0.1) is 12.7 Å². The second-order valence-electron chi connectivity index (χ2n) is 4.26. The first-order valence-corrected chi connectivity index (χ1v) is 5.58. The molecule has 2 aromatic heterocycles. The lowest BCUT2D eigenvalue weighted by molar-refractivity contribution is 0.305. The lowest BCUT2D eigenvalue weighted by Gasteiger charge is -2.15. The van der Waals surface area contributed by atoms with Gasteiger partial charge in [0.25, 0.3) is 0 Å². The predicted molar refractivity (Wildman–Crippen MR) is 66.2 cm³/mol. The van der Waals surface area contributed by atoms with E-state index in [9.17, 15) is 0 Å². The van der Waals surface area contributed by atoms with Gasteiger partial charge in [0.1, 0.15) is 5.82 Å². The third kappa shape index (κ3) is 3.32. The summed E-state index contributed by atoms with van der Waals surface area (Å²) in [5, 5.41) is 8.29. The predicted octanol–water partition coefficient (Wildman–Crippen LogP) is 0.331. The van der Waals surface area contributed by atoms with Crippen molar-refractivity contribution >= 4 is 5.82 Å². The van der Waals surface area contributed by atoms with E-state index in [2.05, 4.69) is 22.1 Å². The molecule has 2 rings (SSSR count). The Balaban J connectivity index is 1.79. The van der Waals surface area contributed by atoms with Gasteiger partial charge in [-0.1, -0.05) is 0 Å². The fourth-order valence-electron chi connectivity index (χ4n) is 1.72. The molecule has 2 heterocycles. The van der Waals surface area contributed by atoms with Crippen molar-refractivity contribution in [3.8, 4) is 0 Å². The van der Waals surface area contributed by atoms with E-state index in [1.807, 2.05) is 35.0 Å². The second kappa shape index (κ2) is 5.01. The Morgan fingerprint density at radius 2 is 2.29 bits per heavy atom. The van der Waals surface area contributed by atoms with Crippen LogP contribution in [0, 0.1) is 0 Å². The minimum Gasteiger partial charge on any atom is -0.382 e. The molecule has 6 heteroatoms. The number of nitrogens with zero attached hydrogens (tertiary/aromatic N) is 5. The van der Waals surface area contributed by atoms with Crippen LogP contribution in [0.3, 0.4) is 0 Å². The van der Waals surface area contributed by atoms with Crippen molar-refractivity contribution in [1.82, 2.24) is 24.5 Å². The van der Waals surface area contributed by atoms with Crippen molar-refractivity contribution in [2.75, 3.05) is 19.3 Å². The second-order valence-corrected chi connectivity index (χ2v) is 4.26. The molecule has 0 radical (unpaired) electrons. The molecule has 0 unspecified atom stereocenters. The number of hydrogen-bond acceptors (Lipinski definition) is 4. The number of nitrogens with two attached hydrogens (primary N) is 1. The largest absolute Gasteiger partial charge is 0.382 e. The van der Waals surface area contributed by atoms with Crippen LogP contribution >= 0.6 is 0 Å². The highest BCUT2D eigenvalue weighted by Crippen LogP contribution is 2.02. The lowest BCUT2D eigenvalue weighted by atomic mass is 10.3. The average Bonchev–Trinajstić information content (AvgIpc) is 2.85. The number of aromatic nitrogens is 4. The zero-order valence-electron chi connectivity index (χ0n) is 10.2. The molecule has 2 N–H and O–H groups in total. The Morgan fingerprint density at radius 3 is 2.88 bits per heavy atom. The maximum absolute atomic E-state index is 5.55. The molecule has 0 aliphatic heterocycles. The highest BCUT2D eigenvalue weighted by Gasteiger charge is 2.03. The molecule has 0 atom stereocenters. The molecule has 0 saturated heterocycles. The van der Waals surface area contributed by atoms with Crippen molar-refractivity contribution in [1.29, 1.82) is 0 Å². The molecule has 0 aliphatic carbocycles. The van der Waals surface area contributed by atoms with Crippen LogP contribution in [0.1, 0.15) is 5.56 Å². The average molecular weight is 234 g/mol. The molecular weight excluding hydrogens is 216 g/mol. The van der Waals surface area contributed by atoms with Crippen LogP contribution in [0.25, 0.3) is 0 Å². The number of anilines is 1. The molecule has 92 valence electrons. The van der Waals surface area contributed by atoms with Crippen LogP contribution in [-0.4, -0.2) is 38.1 Å². The molecule has 0 amide bonds. The minimum atomic E-state index is 0.569. The van der Waals surface area contributed by atoms with Crippen LogP contribution in [-0.2, 0) is 20.1 Å². The highest BCUT2D eigenvalue weighted by atomic mass is 15.3. The SMILES string of the molecule is CN(CCn1ccc(N)n1)Cc1cnn(C)c1. The molecule has 0 fully saturated rings. The fraction of sp³-hybridized carbons (Fsp3) is 0.455. The van der Waals surface area contributed by atoms with Gasteiger partial charge in [-0.2, -0.15) is 10.2 Å². The Bertz CT molecular complexity index is 472. The van der Waals surface area contributed by atoms with Crippen LogP contribution in [0.15, 0.2) is 24.7 Å². The first-order chi connectivity index (χ1) is 8.13. The molecule has 17 heavy (non-hydrogen) atoms. The van der Waals surface area contributed by atoms with E-state index in [4.69, 9.17) is 5.73 Å². The summed E-state index contributed by atoms with van der Waals surface area (Å²) in [6.45, 7) is 2.66. The lowest BCUT2D eigenvalue weighted by Crippen LogP contribution is -2.23. The van der Waals surface area contributed by atoms with Gasteiger partial charge in [0.2, 0.25) is 0 Å². The molecular formula is C11H18N6. The summed E-state index contributed by atoms with van der Waals surface area (Å²) in [6, 6.07) is 1.81. The summed E-state index contributed by atoms with van der Waals surface area (Å²) in [4.78, 5) is 2.23. The first-order valence-electron chi connectivity index (χ1n) is 5.58. The molecule has 0 saturated carbocycles. The van der Waals surface area contributed by atoms with Crippen molar-refractivity contribution in [3.05, 3.63) is 30.2 Å². The minimum absolute atomic E-state index is 0.569. The fourth-order valence-corrected chi connectivity index (χ4v) is 1.72. The van der Waals surface area contributed by atoms with Crippen molar-refractivity contribution in [2.45, 2.75) is 13.1 Å². The normalized spacial score (nSPS) is 11.2. The van der Waals surface area contributed by atoms with Gasteiger partial charge in [0, 0.05) is 38.1 Å². The van der Waals surface area contributed by atoms with Gasteiger partial charge in [-0.05, 0) is 13.1 Å². The van der Waals surface area contributed by atoms with Crippen molar-refractivity contribution < 1.29 is 0 Å². The first kappa shape index (κ1) is 11.7. The van der Waals surface area contributed by atoms with E-state index >= 15 is 0 Å². The third-order valence-electron chi connectivity index (χ3n) is 2.58. The van der Waals surface area contributed by atoms with Gasteiger partial charge in [-0.25, -0.2) is 0 Å². The summed E-state index contributed by atoms with van der Waals surface area (Å²) >= 11 is 0. The van der Waals surface area contributed by atoms with E-state index in [0.29, 0.717) is 5.82 Å². The summed E-state index contributed by atoms with van der Waals surface area (Å²) < 4.78 is 3.67. The van der Waals surface area contributed by atoms with Gasteiger partial charge in [0.15, 0.2) is 0 Å². The topological polar surface area (TPSA) is 64.9 Å². The van der Waals surface area contributed by atoms with E-state index in [1.54, 1.807) is 6.07 Å². The van der Waals surface area contributed by atoms with Gasteiger partial charge in [-0.3, -0.25) is 9.36 Å². The van der Waals surface area contributed by atoms with E-state index in [0.717, 1.165) is 19.6 Å². The number of hydrogen-bond donors (Lipinski definition) is 1. The van der Waals surface area contributed by atoms with Gasteiger partial charge in [-0.15, -0.1) is 0 Å². The molecule has 0 aromatic carbocycles. The summed E-state index contributed by atoms with van der Waals surface area (Å²) in [5.74, 6) is 0.569. The smallest absolute Gasteiger partial charge is 0.145 e. The molecule has 2 aromatic rings. The molecule has 0 spiro atoms. The number of rotatable bonds is 5. The molecule has 0 bridgehead atoms. The van der Waals surface area contributed by atoms with E-state index < -0.39 is 0 Å². The third-order valence-corrected chi connectivity index (χ3v) is 2.58. The number of aryl methyl sites for hydroxylation is 1. The number of nitrogen functional groups attached to an aromatic ring is 1. The van der Waals surface area contributed by atoms with Crippen molar-refractivity contribution in [3.63, 3.8) is 0 Å². The van der Waals surface area contributed by atoms with Gasteiger partial charge < -0.3 is 10.6 Å². The zero-order chi connectivity index (χ0) is 12.3. The summed E-state index contributed by atoms with van der Waals surface area (Å²) in [5.41, 5.74) is 6.77. The van der Waals surface area contributed by atoms with Crippen LogP contribution in [0.5, 0.6) is 0 Å². The van der Waals surface area contributed by atoms with E-state index in [1.165, 1.54) is 5.56 Å². The molecule has 0 aliphatic rings. The summed E-state index contributed by atoms with van der Waals surface area (Å²) in [6.07, 6.45) is 5.82. The van der Waals surface area contributed by atoms with Gasteiger partial charge >= 0.3 is 0 Å². The Kier molecular flexibility index (Phi) is 3.43. The Morgan fingerprint density at radius 1 is 1.47 bits per heavy atom. The van der Waals surface area contributed by atoms with E-state index in [-0.39, 0.29) is 0 Å². The molecule has 6 nitrogen and oxygen atoms in total. The Hall–Kier alpha value is -1.82. The monoisotopic (exact) mass is 234 g/mol. The quantitative estimate of drug-likeness (QED) is 0.809. The Labute approximate surface area is 101 Å². The highest BCUT2D eigenvalue weighted by molar-refractivity contribution is 5.23. The maximum Gasteiger partial charge on any atom is 0.145 e. The maximum atomic E-state index is 5.55. The number of likely N-dealkylation sites (N-methyl/N-ethyl adjacent to an activating group) is 1. The van der Waals surface area contributed by atoms with Crippen LogP contribution in [0.2, 0.25) is 0 Å². The van der Waals surface area contributed by atoms with Crippen LogP contribution < -0.4 is 5.73 Å². The standard InChI is InChI=1S/C11H18N6/c1-15(8-10-7-13-16(2)9-10)5-6-17-4-3-11(12)14-17/h3-4,7,9H,5-6,8H2,1-2H3,(H2,12,14). The summed E-state index contributed by atoms with van der Waals surface area (Å²) in [7, 11) is 4.01.